The van der Waals surface area contributed by atoms with E-state index in [4.69, 9.17) is 9.47 Å². The maximum Gasteiger partial charge on any atom is 0.308 e. The van der Waals surface area contributed by atoms with E-state index in [-0.39, 0.29) is 12.0 Å². The molecule has 1 fully saturated rings. The summed E-state index contributed by atoms with van der Waals surface area (Å²) in [5, 5.41) is 0. The first kappa shape index (κ1) is 15.6. The molecular formula is C17H21NO3. The fourth-order valence-corrected chi connectivity index (χ4v) is 2.23. The molecule has 0 aliphatic carbocycles. The zero-order valence-corrected chi connectivity index (χ0v) is 12.4. The monoisotopic (exact) mass is 287 g/mol. The topological polar surface area (TPSA) is 38.8 Å². The van der Waals surface area contributed by atoms with Gasteiger partial charge in [-0.3, -0.25) is 9.69 Å². The Hall–Kier alpha value is -1.83. The first-order chi connectivity index (χ1) is 10.3. The first-order valence-corrected chi connectivity index (χ1v) is 7.33. The van der Waals surface area contributed by atoms with Gasteiger partial charge in [-0.2, -0.15) is 0 Å². The van der Waals surface area contributed by atoms with Crippen LogP contribution >= 0.6 is 0 Å². The predicted molar refractivity (Wildman–Crippen MR) is 80.8 cm³/mol. The number of carbonyl (C=O) groups excluding carboxylic acids is 1. The number of rotatable bonds is 4. The van der Waals surface area contributed by atoms with Gasteiger partial charge in [0.25, 0.3) is 0 Å². The Morgan fingerprint density at radius 1 is 1.33 bits per heavy atom. The lowest BCUT2D eigenvalue weighted by atomic mass is 10.1. The third-order valence-corrected chi connectivity index (χ3v) is 3.31. The second-order valence-corrected chi connectivity index (χ2v) is 4.81. The van der Waals surface area contributed by atoms with E-state index in [1.165, 1.54) is 0 Å². The van der Waals surface area contributed by atoms with Gasteiger partial charge in [0.15, 0.2) is 0 Å². The second-order valence-electron chi connectivity index (χ2n) is 4.81. The Kier molecular flexibility index (Phi) is 6.26. The Morgan fingerprint density at radius 3 is 2.71 bits per heavy atom. The summed E-state index contributed by atoms with van der Waals surface area (Å²) in [6, 6.07) is 9.69. The number of ether oxygens (including phenoxy) is 2. The molecule has 0 N–H and O–H groups in total. The van der Waals surface area contributed by atoms with E-state index in [1.54, 1.807) is 0 Å². The molecule has 1 aromatic carbocycles. The van der Waals surface area contributed by atoms with E-state index >= 15 is 0 Å². The molecule has 1 atom stereocenters. The standard InChI is InChI=1S/C17H21NO3/c1-2-21-17(19)14-16(18-10-12-20-13-11-18)9-8-15-6-4-3-5-7-15/h3-7,16H,2,10-14H2,1H3. The van der Waals surface area contributed by atoms with Gasteiger partial charge in [-0.25, -0.2) is 0 Å². The average molecular weight is 287 g/mol. The third kappa shape index (κ3) is 5.22. The molecule has 0 amide bonds. The lowest BCUT2D eigenvalue weighted by Crippen LogP contribution is -2.44. The summed E-state index contributed by atoms with van der Waals surface area (Å²) >= 11 is 0. The van der Waals surface area contributed by atoms with Crippen LogP contribution in [0.4, 0.5) is 0 Å². The minimum absolute atomic E-state index is 0.117. The number of nitrogens with zero attached hydrogens (tertiary/aromatic N) is 1. The predicted octanol–water partition coefficient (Wildman–Crippen LogP) is 1.69. The number of carbonyl (C=O) groups is 1. The van der Waals surface area contributed by atoms with Crippen LogP contribution < -0.4 is 0 Å². The molecule has 1 saturated heterocycles. The summed E-state index contributed by atoms with van der Waals surface area (Å²) in [6.07, 6.45) is 0.299. The third-order valence-electron chi connectivity index (χ3n) is 3.31. The normalized spacial score (nSPS) is 16.6. The largest absolute Gasteiger partial charge is 0.466 e. The van der Waals surface area contributed by atoms with Gasteiger partial charge >= 0.3 is 5.97 Å². The van der Waals surface area contributed by atoms with Gasteiger partial charge in [-0.15, -0.1) is 0 Å². The lowest BCUT2D eigenvalue weighted by molar-refractivity contribution is -0.144. The molecule has 1 unspecified atom stereocenters. The van der Waals surface area contributed by atoms with E-state index in [0.29, 0.717) is 26.2 Å². The quantitative estimate of drug-likeness (QED) is 0.624. The molecule has 1 aromatic rings. The molecule has 0 bridgehead atoms. The molecule has 1 aliphatic heterocycles. The summed E-state index contributed by atoms with van der Waals surface area (Å²) in [4.78, 5) is 14.0. The van der Waals surface area contributed by atoms with Crippen molar-refractivity contribution < 1.29 is 14.3 Å². The zero-order chi connectivity index (χ0) is 14.9. The van der Waals surface area contributed by atoms with Gasteiger partial charge < -0.3 is 9.47 Å². The van der Waals surface area contributed by atoms with Crippen LogP contribution in [0.3, 0.4) is 0 Å². The molecule has 21 heavy (non-hydrogen) atoms. The Morgan fingerprint density at radius 2 is 2.05 bits per heavy atom. The summed E-state index contributed by atoms with van der Waals surface area (Å²) < 4.78 is 10.4. The number of benzene rings is 1. The highest BCUT2D eigenvalue weighted by Gasteiger charge is 2.22. The van der Waals surface area contributed by atoms with Crippen LogP contribution in [0.5, 0.6) is 0 Å². The minimum atomic E-state index is -0.198. The lowest BCUT2D eigenvalue weighted by Gasteiger charge is -2.31. The highest BCUT2D eigenvalue weighted by molar-refractivity contribution is 5.70. The summed E-state index contributed by atoms with van der Waals surface area (Å²) in [7, 11) is 0. The molecule has 2 rings (SSSR count). The van der Waals surface area contributed by atoms with Crippen molar-refractivity contribution in [2.45, 2.75) is 19.4 Å². The van der Waals surface area contributed by atoms with Crippen molar-refractivity contribution in [1.29, 1.82) is 0 Å². The fourth-order valence-electron chi connectivity index (χ4n) is 2.23. The van der Waals surface area contributed by atoms with Crippen molar-refractivity contribution >= 4 is 5.97 Å². The van der Waals surface area contributed by atoms with E-state index in [0.717, 1.165) is 18.7 Å². The Labute approximate surface area is 126 Å². The number of esters is 1. The SMILES string of the molecule is CCOC(=O)CC(C#Cc1ccccc1)N1CCOCC1. The Bertz CT molecular complexity index is 498. The zero-order valence-electron chi connectivity index (χ0n) is 12.4. The van der Waals surface area contributed by atoms with Crippen molar-refractivity contribution in [2.24, 2.45) is 0 Å². The van der Waals surface area contributed by atoms with Gasteiger partial charge in [0.1, 0.15) is 0 Å². The van der Waals surface area contributed by atoms with Crippen LogP contribution in [-0.4, -0.2) is 49.8 Å². The Balaban J connectivity index is 2.07. The van der Waals surface area contributed by atoms with Crippen LogP contribution in [0.25, 0.3) is 0 Å². The van der Waals surface area contributed by atoms with Crippen LogP contribution in [0.2, 0.25) is 0 Å². The average Bonchev–Trinajstić information content (AvgIpc) is 2.53. The maximum atomic E-state index is 11.8. The van der Waals surface area contributed by atoms with E-state index < -0.39 is 0 Å². The van der Waals surface area contributed by atoms with Crippen LogP contribution in [0.1, 0.15) is 18.9 Å². The molecule has 4 heteroatoms. The second kappa shape index (κ2) is 8.46. The van der Waals surface area contributed by atoms with Crippen LogP contribution in [0.15, 0.2) is 30.3 Å². The summed E-state index contributed by atoms with van der Waals surface area (Å²) in [6.45, 7) is 5.19. The highest BCUT2D eigenvalue weighted by Crippen LogP contribution is 2.09. The van der Waals surface area contributed by atoms with Crippen molar-refractivity contribution in [1.82, 2.24) is 4.90 Å². The minimum Gasteiger partial charge on any atom is -0.466 e. The van der Waals surface area contributed by atoms with Crippen LogP contribution in [-0.2, 0) is 14.3 Å². The van der Waals surface area contributed by atoms with E-state index in [1.807, 2.05) is 37.3 Å². The van der Waals surface area contributed by atoms with Gasteiger partial charge in [0, 0.05) is 18.7 Å². The van der Waals surface area contributed by atoms with Crippen molar-refractivity contribution in [3.05, 3.63) is 35.9 Å². The van der Waals surface area contributed by atoms with Gasteiger partial charge in [-0.05, 0) is 19.1 Å². The van der Waals surface area contributed by atoms with Gasteiger partial charge in [0.2, 0.25) is 0 Å². The maximum absolute atomic E-state index is 11.8. The fraction of sp³-hybridized carbons (Fsp3) is 0.471. The van der Waals surface area contributed by atoms with E-state index in [2.05, 4.69) is 16.7 Å². The first-order valence-electron chi connectivity index (χ1n) is 7.33. The van der Waals surface area contributed by atoms with Crippen molar-refractivity contribution in [3.63, 3.8) is 0 Å². The molecule has 112 valence electrons. The van der Waals surface area contributed by atoms with Crippen molar-refractivity contribution in [2.75, 3.05) is 32.9 Å². The van der Waals surface area contributed by atoms with Gasteiger partial charge in [0.05, 0.1) is 32.3 Å². The molecule has 0 spiro atoms. The number of morpholine rings is 1. The number of hydrogen-bond donors (Lipinski definition) is 0. The molecule has 0 aromatic heterocycles. The smallest absolute Gasteiger partial charge is 0.308 e. The number of hydrogen-bond acceptors (Lipinski definition) is 4. The molecular weight excluding hydrogens is 266 g/mol. The molecule has 1 heterocycles. The highest BCUT2D eigenvalue weighted by atomic mass is 16.5. The molecule has 4 nitrogen and oxygen atoms in total. The van der Waals surface area contributed by atoms with Crippen LogP contribution in [0, 0.1) is 11.8 Å². The molecule has 1 aliphatic rings. The summed E-state index contributed by atoms with van der Waals surface area (Å²) in [5.74, 6) is 6.17. The van der Waals surface area contributed by atoms with Gasteiger partial charge in [-0.1, -0.05) is 30.0 Å². The molecule has 0 radical (unpaired) electrons. The van der Waals surface area contributed by atoms with Crippen molar-refractivity contribution in [3.8, 4) is 11.8 Å². The molecule has 0 saturated carbocycles. The van der Waals surface area contributed by atoms with E-state index in [9.17, 15) is 4.79 Å². The summed E-state index contributed by atoms with van der Waals surface area (Å²) in [5.41, 5.74) is 0.958.